The molecule has 0 radical (unpaired) electrons. The van der Waals surface area contributed by atoms with Crippen LogP contribution in [0.15, 0.2) is 49.2 Å². The van der Waals surface area contributed by atoms with Crippen LogP contribution in [0, 0.1) is 0 Å². The van der Waals surface area contributed by atoms with E-state index in [-0.39, 0.29) is 6.04 Å². The molecule has 2 atom stereocenters. The van der Waals surface area contributed by atoms with Gasteiger partial charge in [-0.15, -0.1) is 0 Å². The van der Waals surface area contributed by atoms with Crippen LogP contribution in [0.4, 0.5) is 5.82 Å². The Labute approximate surface area is 155 Å². The fourth-order valence-corrected chi connectivity index (χ4v) is 3.90. The molecule has 1 aliphatic carbocycles. The van der Waals surface area contributed by atoms with Crippen molar-refractivity contribution in [3.05, 3.63) is 66.0 Å². The molecule has 27 heavy (non-hydrogen) atoms. The number of aliphatic hydroxyl groups is 1. The lowest BCUT2D eigenvalue weighted by Crippen LogP contribution is -2.18. The van der Waals surface area contributed by atoms with Crippen molar-refractivity contribution in [3.8, 4) is 0 Å². The van der Waals surface area contributed by atoms with Crippen molar-refractivity contribution in [2.75, 3.05) is 11.9 Å². The summed E-state index contributed by atoms with van der Waals surface area (Å²) in [5.74, 6) is 0.764. The van der Waals surface area contributed by atoms with E-state index in [9.17, 15) is 5.11 Å². The summed E-state index contributed by atoms with van der Waals surface area (Å²) in [7, 11) is 1.97. The van der Waals surface area contributed by atoms with Gasteiger partial charge in [-0.1, -0.05) is 24.3 Å². The number of benzene rings is 1. The molecule has 2 N–H and O–H groups in total. The first-order valence-corrected chi connectivity index (χ1v) is 8.86. The number of hydrogen-bond acceptors (Lipinski definition) is 6. The van der Waals surface area contributed by atoms with E-state index in [1.54, 1.807) is 18.9 Å². The highest BCUT2D eigenvalue weighted by molar-refractivity contribution is 5.83. The average molecular weight is 361 g/mol. The normalized spacial score (nSPS) is 18.7. The Morgan fingerprint density at radius 3 is 2.85 bits per heavy atom. The summed E-state index contributed by atoms with van der Waals surface area (Å²) in [6.45, 7) is 0.643. The number of nitrogens with zero attached hydrogens (tertiary/aromatic N) is 6. The molecule has 0 bridgehead atoms. The summed E-state index contributed by atoms with van der Waals surface area (Å²) in [6, 6.07) is 9.96. The van der Waals surface area contributed by atoms with Crippen molar-refractivity contribution in [1.82, 2.24) is 29.7 Å². The number of fused-ring (bicyclic) bond motifs is 2. The number of aromatic nitrogens is 6. The molecule has 5 rings (SSSR count). The van der Waals surface area contributed by atoms with Gasteiger partial charge >= 0.3 is 0 Å². The topological polar surface area (TPSA) is 95.8 Å². The monoisotopic (exact) mass is 361 g/mol. The average Bonchev–Trinajstić information content (AvgIpc) is 3.41. The highest BCUT2D eigenvalue weighted by Crippen LogP contribution is 2.42. The van der Waals surface area contributed by atoms with E-state index in [1.807, 2.05) is 40.8 Å². The van der Waals surface area contributed by atoms with Gasteiger partial charge in [-0.05, 0) is 17.2 Å². The fraction of sp³-hybridized carbons (Fsp3) is 0.263. The van der Waals surface area contributed by atoms with Crippen molar-refractivity contribution in [2.45, 2.75) is 25.1 Å². The Hall–Kier alpha value is -3.26. The highest BCUT2D eigenvalue weighted by atomic mass is 16.3. The molecule has 0 aliphatic heterocycles. The van der Waals surface area contributed by atoms with Gasteiger partial charge in [0.25, 0.3) is 0 Å². The predicted molar refractivity (Wildman–Crippen MR) is 100 cm³/mol. The van der Waals surface area contributed by atoms with Crippen molar-refractivity contribution < 1.29 is 5.11 Å². The molecule has 3 heterocycles. The fourth-order valence-electron chi connectivity index (χ4n) is 3.90. The van der Waals surface area contributed by atoms with Crippen LogP contribution in [-0.2, 0) is 6.54 Å². The lowest BCUT2D eigenvalue weighted by molar-refractivity contribution is 0.170. The number of anilines is 1. The molecule has 8 nitrogen and oxygen atoms in total. The highest BCUT2D eigenvalue weighted by Gasteiger charge is 2.32. The molecule has 0 fully saturated rings. The van der Waals surface area contributed by atoms with Crippen molar-refractivity contribution in [1.29, 1.82) is 0 Å². The van der Waals surface area contributed by atoms with Crippen LogP contribution in [0.5, 0.6) is 0 Å². The Kier molecular flexibility index (Phi) is 3.64. The van der Waals surface area contributed by atoms with Crippen LogP contribution in [-0.4, -0.2) is 41.9 Å². The van der Waals surface area contributed by atoms with Crippen LogP contribution >= 0.6 is 0 Å². The second-order valence-corrected chi connectivity index (χ2v) is 6.86. The zero-order chi connectivity index (χ0) is 18.4. The van der Waals surface area contributed by atoms with Gasteiger partial charge in [0.05, 0.1) is 30.7 Å². The van der Waals surface area contributed by atoms with E-state index in [0.717, 1.165) is 33.8 Å². The second-order valence-electron chi connectivity index (χ2n) is 6.86. The smallest absolute Gasteiger partial charge is 0.166 e. The maximum atomic E-state index is 10.4. The first-order chi connectivity index (χ1) is 13.2. The molecule has 0 spiro atoms. The standard InChI is InChI=1S/C19H19N7O/c1-25(9-12-6-7-23-24-12)18-17-19(21-10-20-18)26(11-22-17)15-8-16(27)14-5-3-2-4-13(14)15/h2-7,10-11,15-16,27H,8-9H2,1H3,(H,23,24). The van der Waals surface area contributed by atoms with E-state index >= 15 is 0 Å². The third-order valence-electron chi connectivity index (χ3n) is 5.16. The number of aliphatic hydroxyl groups excluding tert-OH is 1. The second kappa shape index (κ2) is 6.17. The molecule has 0 amide bonds. The van der Waals surface area contributed by atoms with E-state index in [4.69, 9.17) is 0 Å². The third kappa shape index (κ3) is 2.57. The predicted octanol–water partition coefficient (Wildman–Crippen LogP) is 2.21. The molecular formula is C19H19N7O. The van der Waals surface area contributed by atoms with Crippen LogP contribution in [0.3, 0.4) is 0 Å². The molecule has 2 unspecified atom stereocenters. The number of H-pyrrole nitrogens is 1. The zero-order valence-corrected chi connectivity index (χ0v) is 14.8. The quantitative estimate of drug-likeness (QED) is 0.579. The zero-order valence-electron chi connectivity index (χ0n) is 14.8. The summed E-state index contributed by atoms with van der Waals surface area (Å²) in [6.07, 6.45) is 5.25. The maximum absolute atomic E-state index is 10.4. The van der Waals surface area contributed by atoms with Crippen molar-refractivity contribution >= 4 is 17.0 Å². The van der Waals surface area contributed by atoms with Gasteiger partial charge < -0.3 is 14.6 Å². The molecule has 8 heteroatoms. The molecular weight excluding hydrogens is 342 g/mol. The largest absolute Gasteiger partial charge is 0.388 e. The number of imidazole rings is 1. The third-order valence-corrected chi connectivity index (χ3v) is 5.16. The summed E-state index contributed by atoms with van der Waals surface area (Å²) < 4.78 is 2.04. The SMILES string of the molecule is CN(Cc1ccn[nH]1)c1ncnc2c1ncn2C1CC(O)c2ccccc21. The lowest BCUT2D eigenvalue weighted by atomic mass is 10.1. The maximum Gasteiger partial charge on any atom is 0.166 e. The molecule has 136 valence electrons. The number of hydrogen-bond donors (Lipinski definition) is 2. The number of nitrogens with one attached hydrogen (secondary N) is 1. The molecule has 4 aromatic rings. The molecule has 3 aromatic heterocycles. The Balaban J connectivity index is 1.55. The number of rotatable bonds is 4. The van der Waals surface area contributed by atoms with Crippen LogP contribution < -0.4 is 4.90 Å². The minimum absolute atomic E-state index is 0.0156. The first-order valence-electron chi connectivity index (χ1n) is 8.86. The van der Waals surface area contributed by atoms with Crippen LogP contribution in [0.25, 0.3) is 11.2 Å². The van der Waals surface area contributed by atoms with Crippen molar-refractivity contribution in [3.63, 3.8) is 0 Å². The molecule has 1 aliphatic rings. The van der Waals surface area contributed by atoms with Crippen LogP contribution in [0.2, 0.25) is 0 Å². The van der Waals surface area contributed by atoms with E-state index in [1.165, 1.54) is 0 Å². The first kappa shape index (κ1) is 16.0. The summed E-state index contributed by atoms with van der Waals surface area (Å²) in [5.41, 5.74) is 4.62. The summed E-state index contributed by atoms with van der Waals surface area (Å²) in [4.78, 5) is 15.5. The lowest BCUT2D eigenvalue weighted by Gasteiger charge is -2.18. The number of aromatic amines is 1. The summed E-state index contributed by atoms with van der Waals surface area (Å²) in [5, 5.41) is 17.4. The minimum atomic E-state index is -0.465. The van der Waals surface area contributed by atoms with Gasteiger partial charge in [0, 0.05) is 19.7 Å². The van der Waals surface area contributed by atoms with Gasteiger partial charge in [0.15, 0.2) is 17.0 Å². The Bertz CT molecular complexity index is 1090. The van der Waals surface area contributed by atoms with E-state index < -0.39 is 6.10 Å². The molecule has 0 saturated carbocycles. The van der Waals surface area contributed by atoms with Gasteiger partial charge in [0.1, 0.15) is 6.33 Å². The molecule has 1 aromatic carbocycles. The summed E-state index contributed by atoms with van der Waals surface area (Å²) >= 11 is 0. The van der Waals surface area contributed by atoms with Crippen molar-refractivity contribution in [2.24, 2.45) is 0 Å². The van der Waals surface area contributed by atoms with Gasteiger partial charge in [-0.25, -0.2) is 15.0 Å². The van der Waals surface area contributed by atoms with Gasteiger partial charge in [0.2, 0.25) is 0 Å². The van der Waals surface area contributed by atoms with Crippen LogP contribution in [0.1, 0.15) is 35.4 Å². The molecule has 0 saturated heterocycles. The van der Waals surface area contributed by atoms with E-state index in [0.29, 0.717) is 13.0 Å². The minimum Gasteiger partial charge on any atom is -0.388 e. The Morgan fingerprint density at radius 2 is 2.04 bits per heavy atom. The van der Waals surface area contributed by atoms with Gasteiger partial charge in [-0.3, -0.25) is 5.10 Å². The van der Waals surface area contributed by atoms with E-state index in [2.05, 4.69) is 31.2 Å². The Morgan fingerprint density at radius 1 is 1.19 bits per heavy atom. The van der Waals surface area contributed by atoms with Gasteiger partial charge in [-0.2, -0.15) is 5.10 Å².